The van der Waals surface area contributed by atoms with Gasteiger partial charge in [-0.15, -0.1) is 11.3 Å². The smallest absolute Gasteiger partial charge is 0.422 e. The van der Waals surface area contributed by atoms with Gasteiger partial charge in [-0.1, -0.05) is 0 Å². The lowest BCUT2D eigenvalue weighted by Gasteiger charge is -2.25. The summed E-state index contributed by atoms with van der Waals surface area (Å²) in [5, 5.41) is 0.395. The van der Waals surface area contributed by atoms with Gasteiger partial charge in [0.1, 0.15) is 10.6 Å². The highest BCUT2D eigenvalue weighted by molar-refractivity contribution is 7.14. The zero-order chi connectivity index (χ0) is 13.9. The van der Waals surface area contributed by atoms with E-state index in [9.17, 15) is 9.59 Å². The Kier molecular flexibility index (Phi) is 4.42. The van der Waals surface area contributed by atoms with E-state index in [1.165, 1.54) is 30.0 Å². The second-order valence-corrected chi connectivity index (χ2v) is 5.65. The third-order valence-corrected chi connectivity index (χ3v) is 2.58. The van der Waals surface area contributed by atoms with Crippen LogP contribution in [0.25, 0.3) is 0 Å². The number of rotatable bonds is 2. The Labute approximate surface area is 110 Å². The summed E-state index contributed by atoms with van der Waals surface area (Å²) < 4.78 is 5.18. The molecule has 6 nitrogen and oxygen atoms in total. The lowest BCUT2D eigenvalue weighted by atomic mass is 10.2. The number of carbonyl (C=O) groups excluding carboxylic acids is 2. The van der Waals surface area contributed by atoms with Crippen molar-refractivity contribution >= 4 is 28.3 Å². The summed E-state index contributed by atoms with van der Waals surface area (Å²) in [7, 11) is 0. The number of anilines is 1. The number of amides is 2. The number of imide groups is 1. The Bertz CT molecular complexity index is 423. The number of hydrogen-bond donors (Lipinski definition) is 1. The first-order chi connectivity index (χ1) is 8.22. The van der Waals surface area contributed by atoms with E-state index in [1.54, 1.807) is 20.8 Å². The highest BCUT2D eigenvalue weighted by Gasteiger charge is 2.31. The molecule has 1 aromatic rings. The number of nitrogens with zero attached hydrogens (tertiary/aromatic N) is 2. The van der Waals surface area contributed by atoms with E-state index in [4.69, 9.17) is 10.5 Å². The molecule has 0 spiro atoms. The Morgan fingerprint density at radius 2 is 2.11 bits per heavy atom. The predicted molar refractivity (Wildman–Crippen MR) is 69.5 cm³/mol. The molecule has 2 amide bonds. The van der Waals surface area contributed by atoms with Gasteiger partial charge < -0.3 is 10.5 Å². The molecule has 1 heterocycles. The van der Waals surface area contributed by atoms with Crippen LogP contribution in [0, 0.1) is 0 Å². The zero-order valence-corrected chi connectivity index (χ0v) is 11.7. The maximum absolute atomic E-state index is 12.0. The highest BCUT2D eigenvalue weighted by Crippen LogP contribution is 2.22. The van der Waals surface area contributed by atoms with Crippen LogP contribution in [0.3, 0.4) is 0 Å². The summed E-state index contributed by atoms with van der Waals surface area (Å²) >= 11 is 1.17. The summed E-state index contributed by atoms with van der Waals surface area (Å²) in [6.07, 6.45) is 0.684. The molecule has 0 aliphatic rings. The summed E-state index contributed by atoms with van der Waals surface area (Å²) in [4.78, 5) is 28.7. The molecule has 0 bridgehead atoms. The van der Waals surface area contributed by atoms with Gasteiger partial charge in [0.2, 0.25) is 0 Å². The van der Waals surface area contributed by atoms with Gasteiger partial charge in [-0.25, -0.2) is 9.69 Å². The Balaban J connectivity index is 2.99. The van der Waals surface area contributed by atoms with E-state index >= 15 is 0 Å². The van der Waals surface area contributed by atoms with Gasteiger partial charge in [0.05, 0.1) is 17.7 Å². The first kappa shape index (κ1) is 14.6. The maximum Gasteiger partial charge on any atom is 0.422 e. The monoisotopic (exact) mass is 271 g/mol. The largest absolute Gasteiger partial charge is 0.443 e. The molecule has 18 heavy (non-hydrogen) atoms. The van der Waals surface area contributed by atoms with E-state index in [-0.39, 0.29) is 0 Å². The topological polar surface area (TPSA) is 85.5 Å². The molecule has 7 heteroatoms. The maximum atomic E-state index is 12.0. The average molecular weight is 271 g/mol. The second-order valence-electron chi connectivity index (χ2n) is 4.78. The van der Waals surface area contributed by atoms with E-state index < -0.39 is 23.6 Å². The molecule has 0 aliphatic carbocycles. The van der Waals surface area contributed by atoms with Crippen molar-refractivity contribution in [1.29, 1.82) is 0 Å². The fourth-order valence-corrected chi connectivity index (χ4v) is 1.74. The lowest BCUT2D eigenvalue weighted by molar-refractivity contribution is -0.119. The molecule has 0 fully saturated rings. The van der Waals surface area contributed by atoms with Gasteiger partial charge in [0.15, 0.2) is 0 Å². The third kappa shape index (κ3) is 3.78. The minimum absolute atomic E-state index is 0.395. The second kappa shape index (κ2) is 5.45. The fraction of sp³-hybridized carbons (Fsp3) is 0.545. The predicted octanol–water partition coefficient (Wildman–Crippen LogP) is 1.76. The van der Waals surface area contributed by atoms with Crippen LogP contribution in [0.15, 0.2) is 11.7 Å². The molecule has 0 saturated heterocycles. The average Bonchev–Trinajstić information content (AvgIpc) is 2.67. The molecular formula is C11H17N3O3S. The Morgan fingerprint density at radius 1 is 1.50 bits per heavy atom. The minimum Gasteiger partial charge on any atom is -0.443 e. The Hall–Kier alpha value is -1.47. The first-order valence-electron chi connectivity index (χ1n) is 5.43. The van der Waals surface area contributed by atoms with Gasteiger partial charge in [-0.2, -0.15) is 0 Å². The van der Waals surface area contributed by atoms with Crippen molar-refractivity contribution in [3.8, 4) is 0 Å². The van der Waals surface area contributed by atoms with Crippen molar-refractivity contribution in [3.63, 3.8) is 0 Å². The molecule has 0 unspecified atom stereocenters. The first-order valence-corrected chi connectivity index (χ1v) is 6.31. The summed E-state index contributed by atoms with van der Waals surface area (Å²) in [6, 6.07) is -0.792. The molecule has 0 aliphatic heterocycles. The summed E-state index contributed by atoms with van der Waals surface area (Å²) in [5.74, 6) is -0.520. The normalized spacial score (nSPS) is 12.9. The number of aromatic nitrogens is 1. The standard InChI is InChI=1S/C11H17N3O3S/c1-7(12)9(15)14(8-5-13-6-18-8)10(16)17-11(2,3)4/h5-7H,12H2,1-4H3/t7-/m0/s1. The van der Waals surface area contributed by atoms with Crippen molar-refractivity contribution in [1.82, 2.24) is 4.98 Å². The number of carbonyl (C=O) groups is 2. The molecule has 1 atom stereocenters. The van der Waals surface area contributed by atoms with Crippen molar-refractivity contribution in [2.75, 3.05) is 4.90 Å². The van der Waals surface area contributed by atoms with Crippen LogP contribution in [0.5, 0.6) is 0 Å². The number of hydrogen-bond acceptors (Lipinski definition) is 6. The van der Waals surface area contributed by atoms with Gasteiger partial charge in [-0.3, -0.25) is 9.78 Å². The van der Waals surface area contributed by atoms with Gasteiger partial charge in [0, 0.05) is 0 Å². The minimum atomic E-state index is -0.792. The van der Waals surface area contributed by atoms with Crippen LogP contribution in [0.2, 0.25) is 0 Å². The van der Waals surface area contributed by atoms with E-state index in [1.807, 2.05) is 0 Å². The van der Waals surface area contributed by atoms with Crippen LogP contribution < -0.4 is 10.6 Å². The van der Waals surface area contributed by atoms with E-state index in [0.717, 1.165) is 4.90 Å². The van der Waals surface area contributed by atoms with Crippen LogP contribution in [0.1, 0.15) is 27.7 Å². The Morgan fingerprint density at radius 3 is 2.50 bits per heavy atom. The van der Waals surface area contributed by atoms with E-state index in [2.05, 4.69) is 4.98 Å². The number of nitrogens with two attached hydrogens (primary N) is 1. The van der Waals surface area contributed by atoms with Crippen LogP contribution in [0.4, 0.5) is 9.80 Å². The van der Waals surface area contributed by atoms with Crippen molar-refractivity contribution < 1.29 is 14.3 Å². The van der Waals surface area contributed by atoms with Gasteiger partial charge >= 0.3 is 6.09 Å². The molecule has 0 aromatic carbocycles. The lowest BCUT2D eigenvalue weighted by Crippen LogP contribution is -2.47. The van der Waals surface area contributed by atoms with Crippen molar-refractivity contribution in [2.45, 2.75) is 39.3 Å². The SMILES string of the molecule is C[C@H](N)C(=O)N(C(=O)OC(C)(C)C)c1cncs1. The molecule has 2 N–H and O–H groups in total. The quantitative estimate of drug-likeness (QED) is 0.885. The fourth-order valence-electron chi connectivity index (χ4n) is 1.12. The molecule has 0 saturated carbocycles. The summed E-state index contributed by atoms with van der Waals surface area (Å²) in [6.45, 7) is 6.70. The zero-order valence-electron chi connectivity index (χ0n) is 10.8. The van der Waals surface area contributed by atoms with Gasteiger partial charge in [-0.05, 0) is 27.7 Å². The molecule has 1 rings (SSSR count). The summed E-state index contributed by atoms with van der Waals surface area (Å²) in [5.41, 5.74) is 6.38. The van der Waals surface area contributed by atoms with Crippen molar-refractivity contribution in [2.24, 2.45) is 5.73 Å². The van der Waals surface area contributed by atoms with Crippen LogP contribution >= 0.6 is 11.3 Å². The van der Waals surface area contributed by atoms with Crippen molar-refractivity contribution in [3.05, 3.63) is 11.7 Å². The number of ether oxygens (including phenoxy) is 1. The molecule has 100 valence electrons. The van der Waals surface area contributed by atoms with E-state index in [0.29, 0.717) is 5.00 Å². The third-order valence-electron chi connectivity index (χ3n) is 1.83. The molecule has 1 aromatic heterocycles. The highest BCUT2D eigenvalue weighted by atomic mass is 32.1. The number of thiazole rings is 1. The van der Waals surface area contributed by atoms with Crippen LogP contribution in [-0.4, -0.2) is 28.6 Å². The molecule has 0 radical (unpaired) electrons. The molecular weight excluding hydrogens is 254 g/mol. The van der Waals surface area contributed by atoms with Gasteiger partial charge in [0.25, 0.3) is 5.91 Å². The van der Waals surface area contributed by atoms with Crippen LogP contribution in [-0.2, 0) is 9.53 Å².